The van der Waals surface area contributed by atoms with Crippen LogP contribution in [-0.2, 0) is 0 Å². The molecule has 0 radical (unpaired) electrons. The van der Waals surface area contributed by atoms with Gasteiger partial charge in [0.25, 0.3) is 5.91 Å². The normalized spacial score (nSPS) is 12.2. The van der Waals surface area contributed by atoms with E-state index in [1.807, 2.05) is 13.0 Å². The van der Waals surface area contributed by atoms with E-state index in [1.54, 1.807) is 25.2 Å². The van der Waals surface area contributed by atoms with Crippen LogP contribution >= 0.6 is 11.6 Å². The first kappa shape index (κ1) is 13.5. The summed E-state index contributed by atoms with van der Waals surface area (Å²) in [4.78, 5) is 13.8. The molecule has 100 valence electrons. The number of benzene rings is 1. The van der Waals surface area contributed by atoms with E-state index in [1.165, 1.54) is 17.2 Å². The minimum absolute atomic E-state index is 0.0707. The van der Waals surface area contributed by atoms with Crippen molar-refractivity contribution in [2.45, 2.75) is 13.0 Å². The Balaban J connectivity index is 2.25. The zero-order chi connectivity index (χ0) is 14.0. The lowest BCUT2D eigenvalue weighted by molar-refractivity contribution is 0.0741. The highest BCUT2D eigenvalue weighted by atomic mass is 35.5. The number of phenolic OH excluding ortho intramolecular Hbond substituents is 1. The minimum Gasteiger partial charge on any atom is -0.508 e. The number of carbonyl (C=O) groups excluding carboxylic acids is 1. The van der Waals surface area contributed by atoms with Crippen molar-refractivity contribution in [1.29, 1.82) is 0 Å². The standard InChI is InChI=1S/C14H14ClNO3/c1-9(10-5-3-4-6-12(10)17)16(2)14(18)11-7-8-19-13(11)15/h3-9,17H,1-2H3. The number of aromatic hydroxyl groups is 1. The molecule has 0 saturated carbocycles. The summed E-state index contributed by atoms with van der Waals surface area (Å²) in [6, 6.07) is 8.17. The summed E-state index contributed by atoms with van der Waals surface area (Å²) in [5.74, 6) is -0.0950. The summed E-state index contributed by atoms with van der Waals surface area (Å²) in [7, 11) is 1.66. The van der Waals surface area contributed by atoms with Crippen molar-refractivity contribution in [2.24, 2.45) is 0 Å². The Kier molecular flexibility index (Phi) is 3.81. The summed E-state index contributed by atoms with van der Waals surface area (Å²) < 4.78 is 4.91. The molecule has 0 bridgehead atoms. The fourth-order valence-electron chi connectivity index (χ4n) is 1.86. The molecule has 0 aliphatic heterocycles. The van der Waals surface area contributed by atoms with Gasteiger partial charge in [-0.15, -0.1) is 0 Å². The second-order valence-electron chi connectivity index (χ2n) is 4.26. The monoisotopic (exact) mass is 279 g/mol. The highest BCUT2D eigenvalue weighted by molar-refractivity contribution is 6.32. The van der Waals surface area contributed by atoms with Crippen molar-refractivity contribution in [3.05, 3.63) is 52.9 Å². The van der Waals surface area contributed by atoms with E-state index >= 15 is 0 Å². The largest absolute Gasteiger partial charge is 0.508 e. The first-order valence-corrected chi connectivity index (χ1v) is 6.18. The molecule has 1 aromatic carbocycles. The maximum atomic E-state index is 12.3. The van der Waals surface area contributed by atoms with Gasteiger partial charge in [0.15, 0.2) is 0 Å². The van der Waals surface area contributed by atoms with Gasteiger partial charge < -0.3 is 14.4 Å². The minimum atomic E-state index is -0.278. The number of para-hydroxylation sites is 1. The van der Waals surface area contributed by atoms with Crippen LogP contribution in [0.15, 0.2) is 41.0 Å². The van der Waals surface area contributed by atoms with E-state index in [9.17, 15) is 9.90 Å². The average Bonchev–Trinajstić information content (AvgIpc) is 2.83. The Bertz CT molecular complexity index is 594. The second kappa shape index (κ2) is 5.36. The molecule has 0 spiro atoms. The predicted molar refractivity (Wildman–Crippen MR) is 72.3 cm³/mol. The molecule has 0 aliphatic rings. The SMILES string of the molecule is CC(c1ccccc1O)N(C)C(=O)c1ccoc1Cl. The number of hydrogen-bond acceptors (Lipinski definition) is 3. The van der Waals surface area contributed by atoms with Crippen molar-refractivity contribution < 1.29 is 14.3 Å². The van der Waals surface area contributed by atoms with Crippen LogP contribution in [0.3, 0.4) is 0 Å². The van der Waals surface area contributed by atoms with Gasteiger partial charge in [-0.1, -0.05) is 18.2 Å². The molecular formula is C14H14ClNO3. The van der Waals surface area contributed by atoms with Crippen molar-refractivity contribution in [3.63, 3.8) is 0 Å². The van der Waals surface area contributed by atoms with Crippen LogP contribution in [-0.4, -0.2) is 23.0 Å². The molecule has 1 unspecified atom stereocenters. The average molecular weight is 280 g/mol. The maximum absolute atomic E-state index is 12.3. The molecule has 5 heteroatoms. The van der Waals surface area contributed by atoms with Crippen molar-refractivity contribution in [1.82, 2.24) is 4.90 Å². The Morgan fingerprint density at radius 1 is 1.37 bits per heavy atom. The lowest BCUT2D eigenvalue weighted by atomic mass is 10.1. The molecule has 1 amide bonds. The number of amides is 1. The van der Waals surface area contributed by atoms with Gasteiger partial charge in [-0.3, -0.25) is 4.79 Å². The molecule has 1 atom stereocenters. The van der Waals surface area contributed by atoms with Gasteiger partial charge in [0.1, 0.15) is 5.75 Å². The highest BCUT2D eigenvalue weighted by Gasteiger charge is 2.23. The first-order valence-electron chi connectivity index (χ1n) is 5.80. The number of halogens is 1. The van der Waals surface area contributed by atoms with E-state index < -0.39 is 0 Å². The van der Waals surface area contributed by atoms with E-state index in [0.29, 0.717) is 11.1 Å². The van der Waals surface area contributed by atoms with Crippen LogP contribution in [0.1, 0.15) is 28.9 Å². The second-order valence-corrected chi connectivity index (χ2v) is 4.60. The van der Waals surface area contributed by atoms with E-state index in [4.69, 9.17) is 16.0 Å². The molecule has 19 heavy (non-hydrogen) atoms. The fraction of sp³-hybridized carbons (Fsp3) is 0.214. The van der Waals surface area contributed by atoms with Gasteiger partial charge in [0.2, 0.25) is 5.22 Å². The molecular weight excluding hydrogens is 266 g/mol. The predicted octanol–water partition coefficient (Wildman–Crippen LogP) is 3.47. The highest BCUT2D eigenvalue weighted by Crippen LogP contribution is 2.29. The van der Waals surface area contributed by atoms with Crippen LogP contribution < -0.4 is 0 Å². The van der Waals surface area contributed by atoms with E-state index in [0.717, 1.165) is 0 Å². The number of phenols is 1. The Hall–Kier alpha value is -1.94. The molecule has 2 aromatic rings. The van der Waals surface area contributed by atoms with Gasteiger partial charge in [0.05, 0.1) is 17.9 Å². The van der Waals surface area contributed by atoms with Crippen molar-refractivity contribution in [3.8, 4) is 5.75 Å². The smallest absolute Gasteiger partial charge is 0.258 e. The van der Waals surface area contributed by atoms with Crippen LogP contribution in [0.25, 0.3) is 0 Å². The van der Waals surface area contributed by atoms with Gasteiger partial charge in [-0.2, -0.15) is 0 Å². The Labute approximate surface area is 116 Å². The third kappa shape index (κ3) is 2.58. The van der Waals surface area contributed by atoms with E-state index in [2.05, 4.69) is 0 Å². The van der Waals surface area contributed by atoms with Crippen molar-refractivity contribution in [2.75, 3.05) is 7.05 Å². The van der Waals surface area contributed by atoms with Gasteiger partial charge in [-0.25, -0.2) is 0 Å². The van der Waals surface area contributed by atoms with Crippen LogP contribution in [0.4, 0.5) is 0 Å². The molecule has 1 aromatic heterocycles. The molecule has 0 fully saturated rings. The Morgan fingerprint density at radius 2 is 2.05 bits per heavy atom. The molecule has 2 rings (SSSR count). The van der Waals surface area contributed by atoms with Gasteiger partial charge >= 0.3 is 0 Å². The molecule has 0 aliphatic carbocycles. The number of furan rings is 1. The quantitative estimate of drug-likeness (QED) is 0.936. The summed E-state index contributed by atoms with van der Waals surface area (Å²) in [5, 5.41) is 9.88. The molecule has 1 heterocycles. The molecule has 0 saturated heterocycles. The summed E-state index contributed by atoms with van der Waals surface area (Å²) in [5.41, 5.74) is 0.990. The first-order chi connectivity index (χ1) is 9.02. The zero-order valence-electron chi connectivity index (χ0n) is 10.6. The van der Waals surface area contributed by atoms with Crippen LogP contribution in [0.2, 0.25) is 5.22 Å². The fourth-order valence-corrected chi connectivity index (χ4v) is 2.06. The van der Waals surface area contributed by atoms with Crippen LogP contribution in [0.5, 0.6) is 5.75 Å². The summed E-state index contributed by atoms with van der Waals surface area (Å²) in [6.45, 7) is 1.83. The van der Waals surface area contributed by atoms with E-state index in [-0.39, 0.29) is 22.9 Å². The topological polar surface area (TPSA) is 53.7 Å². The molecule has 1 N–H and O–H groups in total. The number of rotatable bonds is 3. The summed E-state index contributed by atoms with van der Waals surface area (Å²) in [6.07, 6.45) is 1.37. The third-order valence-electron chi connectivity index (χ3n) is 3.14. The number of hydrogen-bond donors (Lipinski definition) is 1. The number of carbonyl (C=O) groups is 1. The Morgan fingerprint density at radius 3 is 2.63 bits per heavy atom. The number of nitrogens with zero attached hydrogens (tertiary/aromatic N) is 1. The third-order valence-corrected chi connectivity index (χ3v) is 3.43. The molecule has 4 nitrogen and oxygen atoms in total. The lowest BCUT2D eigenvalue weighted by Crippen LogP contribution is -2.29. The zero-order valence-corrected chi connectivity index (χ0v) is 11.4. The van der Waals surface area contributed by atoms with Crippen LogP contribution in [0, 0.1) is 0 Å². The van der Waals surface area contributed by atoms with Gasteiger partial charge in [0, 0.05) is 12.6 Å². The maximum Gasteiger partial charge on any atom is 0.258 e. The summed E-state index contributed by atoms with van der Waals surface area (Å²) >= 11 is 5.80. The van der Waals surface area contributed by atoms with Crippen molar-refractivity contribution >= 4 is 17.5 Å². The van der Waals surface area contributed by atoms with Gasteiger partial charge in [-0.05, 0) is 30.7 Å². The lowest BCUT2D eigenvalue weighted by Gasteiger charge is -2.25.